The molecule has 1 rings (SSSR count). The Labute approximate surface area is 74.9 Å². The van der Waals surface area contributed by atoms with Crippen molar-refractivity contribution in [2.24, 2.45) is 11.8 Å². The first kappa shape index (κ1) is 9.50. The molecule has 0 aromatic carbocycles. The van der Waals surface area contributed by atoms with E-state index in [2.05, 4.69) is 13.5 Å². The molecule has 0 N–H and O–H groups in total. The monoisotopic (exact) mass is 166 g/mol. The van der Waals surface area contributed by atoms with Gasteiger partial charge >= 0.3 is 0 Å². The van der Waals surface area contributed by atoms with Gasteiger partial charge in [-0.15, -0.1) is 0 Å². The summed E-state index contributed by atoms with van der Waals surface area (Å²) in [5, 5.41) is 0. The third-order valence-electron chi connectivity index (χ3n) is 2.96. The summed E-state index contributed by atoms with van der Waals surface area (Å²) in [6.07, 6.45) is 5.26. The normalized spacial score (nSPS) is 19.8. The van der Waals surface area contributed by atoms with Gasteiger partial charge < -0.3 is 0 Å². The highest BCUT2D eigenvalue weighted by Gasteiger charge is 2.22. The summed E-state index contributed by atoms with van der Waals surface area (Å²) in [4.78, 5) is 11.0. The Bertz CT molecular complexity index is 189. The first-order chi connectivity index (χ1) is 5.61. The molecule has 1 fully saturated rings. The molecule has 0 aromatic heterocycles. The number of Topliss-reactive ketones (excluding diaryl/α,β-unsaturated/α-hetero) is 1. The largest absolute Gasteiger partial charge is 0.295 e. The zero-order valence-corrected chi connectivity index (χ0v) is 8.10. The van der Waals surface area contributed by atoms with Crippen molar-refractivity contribution < 1.29 is 4.79 Å². The van der Waals surface area contributed by atoms with Crippen LogP contribution in [0, 0.1) is 11.8 Å². The van der Waals surface area contributed by atoms with Crippen LogP contribution in [0.4, 0.5) is 0 Å². The van der Waals surface area contributed by atoms with Crippen LogP contribution < -0.4 is 0 Å². The SMILES string of the molecule is C=C(C(C)=O)C(C)CC1CCC1. The van der Waals surface area contributed by atoms with Gasteiger partial charge in [-0.1, -0.05) is 32.8 Å². The van der Waals surface area contributed by atoms with E-state index in [4.69, 9.17) is 0 Å². The van der Waals surface area contributed by atoms with E-state index in [0.717, 1.165) is 11.5 Å². The maximum Gasteiger partial charge on any atom is 0.155 e. The number of hydrogen-bond donors (Lipinski definition) is 0. The van der Waals surface area contributed by atoms with Crippen LogP contribution in [0.2, 0.25) is 0 Å². The van der Waals surface area contributed by atoms with E-state index in [1.54, 1.807) is 6.92 Å². The predicted octanol–water partition coefficient (Wildman–Crippen LogP) is 2.96. The highest BCUT2D eigenvalue weighted by molar-refractivity contribution is 5.92. The first-order valence-corrected chi connectivity index (χ1v) is 4.81. The molecule has 0 radical (unpaired) electrons. The molecule has 0 spiro atoms. The van der Waals surface area contributed by atoms with Crippen LogP contribution >= 0.6 is 0 Å². The minimum absolute atomic E-state index is 0.154. The molecular formula is C11H18O. The third kappa shape index (κ3) is 2.20. The number of carbonyl (C=O) groups excluding carboxylic acids is 1. The van der Waals surface area contributed by atoms with Gasteiger partial charge in [0.15, 0.2) is 5.78 Å². The zero-order valence-electron chi connectivity index (χ0n) is 8.10. The van der Waals surface area contributed by atoms with Crippen molar-refractivity contribution in [3.05, 3.63) is 12.2 Å². The van der Waals surface area contributed by atoms with Gasteiger partial charge in [0, 0.05) is 0 Å². The Balaban J connectivity index is 2.31. The van der Waals surface area contributed by atoms with E-state index < -0.39 is 0 Å². The van der Waals surface area contributed by atoms with Crippen LogP contribution in [0.25, 0.3) is 0 Å². The lowest BCUT2D eigenvalue weighted by atomic mass is 9.77. The van der Waals surface area contributed by atoms with Gasteiger partial charge in [-0.2, -0.15) is 0 Å². The summed E-state index contributed by atoms with van der Waals surface area (Å²) in [6.45, 7) is 7.54. The average molecular weight is 166 g/mol. The third-order valence-corrected chi connectivity index (χ3v) is 2.96. The minimum atomic E-state index is 0.154. The van der Waals surface area contributed by atoms with Gasteiger partial charge in [-0.3, -0.25) is 4.79 Å². The minimum Gasteiger partial charge on any atom is -0.295 e. The van der Waals surface area contributed by atoms with Crippen molar-refractivity contribution in [1.82, 2.24) is 0 Å². The van der Waals surface area contributed by atoms with Crippen molar-refractivity contribution >= 4 is 5.78 Å². The van der Waals surface area contributed by atoms with Crippen molar-refractivity contribution in [2.45, 2.75) is 39.5 Å². The van der Waals surface area contributed by atoms with Crippen molar-refractivity contribution in [3.63, 3.8) is 0 Å². The second-order valence-electron chi connectivity index (χ2n) is 4.02. The molecule has 1 saturated carbocycles. The summed E-state index contributed by atoms with van der Waals surface area (Å²) >= 11 is 0. The molecule has 0 aromatic rings. The molecule has 68 valence electrons. The fourth-order valence-electron chi connectivity index (χ4n) is 1.72. The maximum absolute atomic E-state index is 11.0. The van der Waals surface area contributed by atoms with E-state index in [-0.39, 0.29) is 5.78 Å². The Morgan fingerprint density at radius 3 is 2.50 bits per heavy atom. The van der Waals surface area contributed by atoms with Gasteiger partial charge in [0.05, 0.1) is 0 Å². The summed E-state index contributed by atoms with van der Waals surface area (Å²) in [5.41, 5.74) is 0.807. The molecule has 0 amide bonds. The molecule has 12 heavy (non-hydrogen) atoms. The number of allylic oxidation sites excluding steroid dienone is 1. The molecular weight excluding hydrogens is 148 g/mol. The van der Waals surface area contributed by atoms with Crippen molar-refractivity contribution in [3.8, 4) is 0 Å². The molecule has 0 saturated heterocycles. The fourth-order valence-corrected chi connectivity index (χ4v) is 1.72. The van der Waals surface area contributed by atoms with E-state index in [1.165, 1.54) is 25.7 Å². The molecule has 1 aliphatic carbocycles. The van der Waals surface area contributed by atoms with Crippen LogP contribution in [-0.4, -0.2) is 5.78 Å². The summed E-state index contributed by atoms with van der Waals surface area (Å²) in [7, 11) is 0. The summed E-state index contributed by atoms with van der Waals surface area (Å²) in [6, 6.07) is 0. The fraction of sp³-hybridized carbons (Fsp3) is 0.727. The molecule has 0 aliphatic heterocycles. The summed E-state index contributed by atoms with van der Waals surface area (Å²) in [5.74, 6) is 1.42. The Hall–Kier alpha value is -0.590. The molecule has 0 heterocycles. The lowest BCUT2D eigenvalue weighted by Crippen LogP contribution is -2.17. The lowest BCUT2D eigenvalue weighted by molar-refractivity contribution is -0.114. The van der Waals surface area contributed by atoms with Crippen molar-refractivity contribution in [1.29, 1.82) is 0 Å². The quantitative estimate of drug-likeness (QED) is 0.587. The smallest absolute Gasteiger partial charge is 0.155 e. The van der Waals surface area contributed by atoms with Crippen LogP contribution in [0.5, 0.6) is 0 Å². The Morgan fingerprint density at radius 2 is 2.17 bits per heavy atom. The maximum atomic E-state index is 11.0. The molecule has 0 bridgehead atoms. The molecule has 1 nitrogen and oxygen atoms in total. The molecule has 1 unspecified atom stereocenters. The zero-order chi connectivity index (χ0) is 9.14. The predicted molar refractivity (Wildman–Crippen MR) is 50.9 cm³/mol. The van der Waals surface area contributed by atoms with E-state index in [1.807, 2.05) is 0 Å². The van der Waals surface area contributed by atoms with Gasteiger partial charge in [-0.05, 0) is 30.8 Å². The van der Waals surface area contributed by atoms with Crippen LogP contribution in [0.15, 0.2) is 12.2 Å². The molecule has 1 atom stereocenters. The van der Waals surface area contributed by atoms with Gasteiger partial charge in [-0.25, -0.2) is 0 Å². The Kier molecular flexibility index (Phi) is 3.07. The Morgan fingerprint density at radius 1 is 1.58 bits per heavy atom. The van der Waals surface area contributed by atoms with E-state index in [9.17, 15) is 4.79 Å². The van der Waals surface area contributed by atoms with Crippen LogP contribution in [-0.2, 0) is 4.79 Å². The molecule has 1 heteroatoms. The van der Waals surface area contributed by atoms with Crippen molar-refractivity contribution in [2.75, 3.05) is 0 Å². The number of carbonyl (C=O) groups is 1. The number of hydrogen-bond acceptors (Lipinski definition) is 1. The van der Waals surface area contributed by atoms with E-state index in [0.29, 0.717) is 5.92 Å². The molecule has 1 aliphatic rings. The highest BCUT2D eigenvalue weighted by atomic mass is 16.1. The topological polar surface area (TPSA) is 17.1 Å². The average Bonchev–Trinajstić information content (AvgIpc) is 1.94. The first-order valence-electron chi connectivity index (χ1n) is 4.81. The van der Waals surface area contributed by atoms with Gasteiger partial charge in [0.25, 0.3) is 0 Å². The second-order valence-corrected chi connectivity index (χ2v) is 4.02. The summed E-state index contributed by atoms with van der Waals surface area (Å²) < 4.78 is 0. The lowest BCUT2D eigenvalue weighted by Gasteiger charge is -2.28. The van der Waals surface area contributed by atoms with Crippen LogP contribution in [0.3, 0.4) is 0 Å². The highest BCUT2D eigenvalue weighted by Crippen LogP contribution is 2.33. The second kappa shape index (κ2) is 3.88. The van der Waals surface area contributed by atoms with Gasteiger partial charge in [0.1, 0.15) is 0 Å². The van der Waals surface area contributed by atoms with E-state index >= 15 is 0 Å². The number of rotatable bonds is 4. The van der Waals surface area contributed by atoms with Gasteiger partial charge in [0.2, 0.25) is 0 Å². The standard InChI is InChI=1S/C11H18O/c1-8(9(2)10(3)12)7-11-5-4-6-11/h8,11H,2,4-7H2,1,3H3. The van der Waals surface area contributed by atoms with Crippen LogP contribution in [0.1, 0.15) is 39.5 Å². The number of ketones is 1.